The van der Waals surface area contributed by atoms with E-state index in [9.17, 15) is 10.1 Å². The molecule has 5 nitrogen and oxygen atoms in total. The quantitative estimate of drug-likeness (QED) is 0.588. The van der Waals surface area contributed by atoms with Gasteiger partial charge in [-0.1, -0.05) is 37.7 Å². The second-order valence-electron chi connectivity index (χ2n) is 7.64. The molecule has 2 aliphatic carbocycles. The topological polar surface area (TPSA) is 64.7 Å². The molecule has 0 aromatic heterocycles. The molecule has 1 aromatic rings. The third-order valence-electron chi connectivity index (χ3n) is 6.65. The van der Waals surface area contributed by atoms with E-state index in [-0.39, 0.29) is 26.4 Å². The van der Waals surface area contributed by atoms with Gasteiger partial charge in [-0.05, 0) is 36.3 Å². The lowest BCUT2D eigenvalue weighted by atomic mass is 9.69. The minimum atomic E-state index is -0.384. The van der Waals surface area contributed by atoms with Crippen molar-refractivity contribution in [1.82, 2.24) is 0 Å². The van der Waals surface area contributed by atoms with Gasteiger partial charge in [-0.2, -0.15) is 0 Å². The largest absolute Gasteiger partial charge is 0.376 e. The Morgan fingerprint density at radius 2 is 2.00 bits per heavy atom. The average Bonchev–Trinajstić information content (AvgIpc) is 3.08. The van der Waals surface area contributed by atoms with Crippen LogP contribution >= 0.6 is 11.8 Å². The number of rotatable bonds is 2. The van der Waals surface area contributed by atoms with Gasteiger partial charge in [0.25, 0.3) is 5.69 Å². The highest BCUT2D eigenvalue weighted by atomic mass is 32.2. The van der Waals surface area contributed by atoms with Crippen molar-refractivity contribution in [3.63, 3.8) is 0 Å². The summed E-state index contributed by atoms with van der Waals surface area (Å²) in [5.74, 6) is 0.673. The third-order valence-corrected chi connectivity index (χ3v) is 8.18. The van der Waals surface area contributed by atoms with Gasteiger partial charge >= 0.3 is 0 Å². The molecule has 1 heterocycles. The Kier molecular flexibility index (Phi) is 2.93. The first-order valence-electron chi connectivity index (χ1n) is 7.99. The Hall–Kier alpha value is -1.56. The van der Waals surface area contributed by atoms with Crippen LogP contribution in [0.2, 0.25) is 0 Å². The molecule has 2 bridgehead atoms. The first-order chi connectivity index (χ1) is 10.8. The van der Waals surface area contributed by atoms with Gasteiger partial charge in [0, 0.05) is 29.5 Å². The number of nitrogens with zero attached hydrogens (tertiary/aromatic N) is 2. The van der Waals surface area contributed by atoms with E-state index in [1.165, 1.54) is 25.0 Å². The molecule has 4 rings (SSSR count). The SMILES string of the molecule is CC1(C)[C@@H]2CC[C@@]1(C)C1(C2)ON=C(c2ccc([N+](=O)[O-])cc2)S1. The summed E-state index contributed by atoms with van der Waals surface area (Å²) >= 11 is 1.71. The number of hydrogen-bond donors (Lipinski definition) is 0. The standard InChI is InChI=1S/C17H20N2O3S/c1-15(2)12-8-9-16(15,3)17(10-12)22-18-14(23-17)11-4-6-13(7-5-11)19(20)21/h4-7,12H,8-10H2,1-3H3/t12-,16-,17?/m1/s1. The molecule has 0 radical (unpaired) electrons. The first kappa shape index (κ1) is 15.0. The fraction of sp³-hybridized carbons (Fsp3) is 0.588. The molecule has 0 saturated heterocycles. The van der Waals surface area contributed by atoms with Crippen molar-refractivity contribution >= 4 is 22.5 Å². The number of oxime groups is 1. The predicted molar refractivity (Wildman–Crippen MR) is 90.3 cm³/mol. The lowest BCUT2D eigenvalue weighted by Crippen LogP contribution is -2.44. The lowest BCUT2D eigenvalue weighted by Gasteiger charge is -2.43. The van der Waals surface area contributed by atoms with Crippen LogP contribution in [0.1, 0.15) is 45.6 Å². The minimum Gasteiger partial charge on any atom is -0.376 e. The number of fused-ring (bicyclic) bond motifs is 3. The van der Waals surface area contributed by atoms with E-state index in [2.05, 4.69) is 25.9 Å². The highest BCUT2D eigenvalue weighted by Crippen LogP contribution is 2.74. The van der Waals surface area contributed by atoms with Crippen molar-refractivity contribution < 1.29 is 9.76 Å². The van der Waals surface area contributed by atoms with Gasteiger partial charge < -0.3 is 4.84 Å². The summed E-state index contributed by atoms with van der Waals surface area (Å²) in [6, 6.07) is 6.56. The Morgan fingerprint density at radius 1 is 1.30 bits per heavy atom. The molecule has 2 fully saturated rings. The fourth-order valence-corrected chi connectivity index (χ4v) is 6.21. The van der Waals surface area contributed by atoms with Gasteiger partial charge in [0.2, 0.25) is 0 Å². The Morgan fingerprint density at radius 3 is 2.52 bits per heavy atom. The Bertz CT molecular complexity index is 715. The number of thioether (sulfide) groups is 1. The van der Waals surface area contributed by atoms with Crippen molar-refractivity contribution in [2.75, 3.05) is 0 Å². The molecule has 1 spiro atoms. The summed E-state index contributed by atoms with van der Waals surface area (Å²) in [5, 5.41) is 16.0. The second kappa shape index (κ2) is 4.50. The number of benzene rings is 1. The summed E-state index contributed by atoms with van der Waals surface area (Å²) in [7, 11) is 0. The highest BCUT2D eigenvalue weighted by Gasteiger charge is 2.72. The van der Waals surface area contributed by atoms with Gasteiger partial charge in [-0.15, -0.1) is 0 Å². The van der Waals surface area contributed by atoms with Crippen LogP contribution in [0.4, 0.5) is 5.69 Å². The molecular formula is C17H20N2O3S. The summed E-state index contributed by atoms with van der Waals surface area (Å²) in [5.41, 5.74) is 1.34. The third kappa shape index (κ3) is 1.78. The zero-order valence-corrected chi connectivity index (χ0v) is 14.4. The van der Waals surface area contributed by atoms with Gasteiger partial charge in [0.15, 0.2) is 4.93 Å². The molecule has 1 unspecified atom stereocenters. The Labute approximate surface area is 139 Å². The molecule has 0 N–H and O–H groups in total. The van der Waals surface area contributed by atoms with Gasteiger partial charge in [-0.25, -0.2) is 0 Å². The summed E-state index contributed by atoms with van der Waals surface area (Å²) in [4.78, 5) is 16.2. The van der Waals surface area contributed by atoms with Crippen LogP contribution in [0, 0.1) is 26.9 Å². The molecule has 6 heteroatoms. The molecule has 122 valence electrons. The van der Waals surface area contributed by atoms with Crippen molar-refractivity contribution in [3.05, 3.63) is 39.9 Å². The maximum Gasteiger partial charge on any atom is 0.269 e. The molecular weight excluding hydrogens is 312 g/mol. The van der Waals surface area contributed by atoms with Crippen LogP contribution in [0.5, 0.6) is 0 Å². The van der Waals surface area contributed by atoms with E-state index >= 15 is 0 Å². The van der Waals surface area contributed by atoms with E-state index < -0.39 is 0 Å². The molecule has 0 amide bonds. The predicted octanol–water partition coefficient (Wildman–Crippen LogP) is 4.56. The number of hydrogen-bond acceptors (Lipinski definition) is 5. The zero-order chi connectivity index (χ0) is 16.5. The van der Waals surface area contributed by atoms with Crippen LogP contribution in [0.3, 0.4) is 0 Å². The summed E-state index contributed by atoms with van der Waals surface area (Å²) in [6.07, 6.45) is 3.46. The molecule has 3 aliphatic rings. The maximum atomic E-state index is 10.8. The molecule has 1 aromatic carbocycles. The number of non-ortho nitro benzene ring substituents is 1. The van der Waals surface area contributed by atoms with Crippen molar-refractivity contribution in [2.24, 2.45) is 21.9 Å². The number of nitro benzene ring substituents is 1. The smallest absolute Gasteiger partial charge is 0.269 e. The normalized spacial score (nSPS) is 37.0. The van der Waals surface area contributed by atoms with E-state index in [0.717, 1.165) is 17.0 Å². The van der Waals surface area contributed by atoms with Crippen molar-refractivity contribution in [1.29, 1.82) is 0 Å². The fourth-order valence-electron chi connectivity index (χ4n) is 4.62. The monoisotopic (exact) mass is 332 g/mol. The second-order valence-corrected chi connectivity index (χ2v) is 8.89. The zero-order valence-electron chi connectivity index (χ0n) is 13.5. The van der Waals surface area contributed by atoms with Gasteiger partial charge in [-0.3, -0.25) is 10.1 Å². The van der Waals surface area contributed by atoms with Crippen LogP contribution in [-0.4, -0.2) is 14.9 Å². The highest BCUT2D eigenvalue weighted by molar-refractivity contribution is 8.15. The van der Waals surface area contributed by atoms with Gasteiger partial charge in [0.05, 0.1) is 4.92 Å². The molecule has 23 heavy (non-hydrogen) atoms. The maximum absolute atomic E-state index is 10.8. The van der Waals surface area contributed by atoms with Crippen LogP contribution in [0.25, 0.3) is 0 Å². The molecule has 2 saturated carbocycles. The average molecular weight is 332 g/mol. The first-order valence-corrected chi connectivity index (χ1v) is 8.81. The molecule has 3 atom stereocenters. The van der Waals surface area contributed by atoms with Crippen LogP contribution < -0.4 is 0 Å². The van der Waals surface area contributed by atoms with Gasteiger partial charge in [0.1, 0.15) is 5.04 Å². The van der Waals surface area contributed by atoms with Crippen molar-refractivity contribution in [3.8, 4) is 0 Å². The lowest BCUT2D eigenvalue weighted by molar-refractivity contribution is -0.384. The molecule has 1 aliphatic heterocycles. The van der Waals surface area contributed by atoms with E-state index in [0.29, 0.717) is 5.92 Å². The minimum absolute atomic E-state index is 0.0981. The van der Waals surface area contributed by atoms with Crippen molar-refractivity contribution in [2.45, 2.75) is 45.0 Å². The van der Waals surface area contributed by atoms with E-state index in [4.69, 9.17) is 4.84 Å². The Balaban J connectivity index is 1.61. The van der Waals surface area contributed by atoms with Crippen LogP contribution in [0.15, 0.2) is 29.4 Å². The number of nitro groups is 1. The summed E-state index contributed by atoms with van der Waals surface area (Å²) < 4.78 is 0. The van der Waals surface area contributed by atoms with E-state index in [1.54, 1.807) is 23.9 Å². The van der Waals surface area contributed by atoms with Crippen LogP contribution in [-0.2, 0) is 4.84 Å². The van der Waals surface area contributed by atoms with E-state index in [1.807, 2.05) is 0 Å². The summed E-state index contributed by atoms with van der Waals surface area (Å²) in [6.45, 7) is 7.04.